The lowest BCUT2D eigenvalue weighted by Crippen LogP contribution is -2.33. The molecule has 2 aromatic carbocycles. The summed E-state index contributed by atoms with van der Waals surface area (Å²) in [6.07, 6.45) is -1.74. The number of carbonyl (C=O) groups excluding carboxylic acids is 1. The first-order chi connectivity index (χ1) is 20.3. The van der Waals surface area contributed by atoms with Crippen LogP contribution in [0, 0.1) is 5.53 Å². The second kappa shape index (κ2) is 11.5. The molecule has 0 saturated carbocycles. The van der Waals surface area contributed by atoms with Gasteiger partial charge in [-0.2, -0.15) is 9.55 Å². The number of fused-ring (bicyclic) bond motifs is 2. The van der Waals surface area contributed by atoms with Crippen LogP contribution in [0.4, 0.5) is 10.3 Å². The Morgan fingerprint density at radius 3 is 2.77 bits per heavy atom. The third-order valence-corrected chi connectivity index (χ3v) is 8.65. The van der Waals surface area contributed by atoms with E-state index in [0.717, 1.165) is 5.39 Å². The lowest BCUT2D eigenvalue weighted by atomic mass is 10.0. The van der Waals surface area contributed by atoms with Crippen molar-refractivity contribution in [3.8, 4) is 5.75 Å². The molecular formula is C27H32FN7O7P+. The molecule has 2 aromatic heterocycles. The SMILES string of the molecule is CC(C)OC(=O)C(C)[N+](=N)P(=O)(OCC1CC(C)(F)C(n2cnc3c(=O)[nH]c(N)nc32)O1)Oc1cccc2ccccc12. The number of ether oxygens (including phenoxy) is 2. The molecule has 5 unspecified atom stereocenters. The van der Waals surface area contributed by atoms with Crippen molar-refractivity contribution in [2.24, 2.45) is 0 Å². The smallest absolute Gasteiger partial charge is 0.458 e. The quantitative estimate of drug-likeness (QED) is 0.130. The maximum Gasteiger partial charge on any atom is 0.690 e. The number of halogens is 1. The summed E-state index contributed by atoms with van der Waals surface area (Å²) in [6.45, 7) is 5.46. The molecule has 16 heteroatoms. The van der Waals surface area contributed by atoms with Gasteiger partial charge in [0, 0.05) is 18.7 Å². The molecule has 0 radical (unpaired) electrons. The van der Waals surface area contributed by atoms with Crippen LogP contribution in [0.3, 0.4) is 0 Å². The van der Waals surface area contributed by atoms with Crippen molar-refractivity contribution < 1.29 is 36.7 Å². The molecule has 1 saturated heterocycles. The summed E-state index contributed by atoms with van der Waals surface area (Å²) in [5.41, 5.74) is 11.7. The van der Waals surface area contributed by atoms with Crippen molar-refractivity contribution in [3.63, 3.8) is 0 Å². The van der Waals surface area contributed by atoms with E-state index in [1.807, 2.05) is 18.2 Å². The van der Waals surface area contributed by atoms with E-state index in [1.54, 1.807) is 38.1 Å². The summed E-state index contributed by atoms with van der Waals surface area (Å²) < 4.78 is 54.7. The van der Waals surface area contributed by atoms with Gasteiger partial charge in [0.05, 0.1) is 25.1 Å². The third kappa shape index (κ3) is 6.01. The number of rotatable bonds is 10. The number of aromatic amines is 1. The van der Waals surface area contributed by atoms with Gasteiger partial charge in [0.2, 0.25) is 5.95 Å². The lowest BCUT2D eigenvalue weighted by Gasteiger charge is -2.22. The fourth-order valence-corrected chi connectivity index (χ4v) is 6.38. The monoisotopic (exact) mass is 616 g/mol. The highest BCUT2D eigenvalue weighted by atomic mass is 31.2. The Balaban J connectivity index is 1.42. The average Bonchev–Trinajstić information content (AvgIpc) is 3.50. The molecule has 0 spiro atoms. The molecule has 0 amide bonds. The highest BCUT2D eigenvalue weighted by Gasteiger charge is 2.53. The van der Waals surface area contributed by atoms with Crippen molar-refractivity contribution in [3.05, 3.63) is 59.1 Å². The summed E-state index contributed by atoms with van der Waals surface area (Å²) in [6, 6.07) is 10.9. The first-order valence-corrected chi connectivity index (χ1v) is 15.0. The van der Waals surface area contributed by atoms with E-state index in [-0.39, 0.29) is 29.3 Å². The van der Waals surface area contributed by atoms with E-state index in [2.05, 4.69) is 15.0 Å². The molecule has 14 nitrogen and oxygen atoms in total. The molecule has 5 rings (SSSR count). The number of nitrogen functional groups attached to an aromatic ring is 1. The van der Waals surface area contributed by atoms with Gasteiger partial charge in [0.25, 0.3) is 11.6 Å². The van der Waals surface area contributed by atoms with Crippen molar-refractivity contribution in [1.29, 1.82) is 5.53 Å². The summed E-state index contributed by atoms with van der Waals surface area (Å²) >= 11 is 0. The Morgan fingerprint density at radius 1 is 1.30 bits per heavy atom. The van der Waals surface area contributed by atoms with E-state index in [1.165, 1.54) is 24.7 Å². The van der Waals surface area contributed by atoms with Crippen molar-refractivity contribution in [2.45, 2.75) is 64.3 Å². The Bertz CT molecular complexity index is 1800. The number of esters is 1. The largest absolute Gasteiger partial charge is 0.690 e. The molecule has 4 aromatic rings. The maximum absolute atomic E-state index is 15.9. The fourth-order valence-electron chi connectivity index (χ4n) is 4.84. The van der Waals surface area contributed by atoms with Gasteiger partial charge in [0.15, 0.2) is 23.1 Å². The van der Waals surface area contributed by atoms with Crippen LogP contribution >= 0.6 is 7.75 Å². The molecule has 1 fully saturated rings. The van der Waals surface area contributed by atoms with Gasteiger partial charge in [-0.1, -0.05) is 41.9 Å². The number of hydrogen-bond donors (Lipinski definition) is 3. The zero-order valence-electron chi connectivity index (χ0n) is 23.9. The molecular weight excluding hydrogens is 584 g/mol. The van der Waals surface area contributed by atoms with Crippen molar-refractivity contribution >= 4 is 41.6 Å². The van der Waals surface area contributed by atoms with E-state index in [4.69, 9.17) is 29.8 Å². The van der Waals surface area contributed by atoms with Gasteiger partial charge in [-0.15, -0.1) is 0 Å². The third-order valence-electron chi connectivity index (χ3n) is 6.88. The normalized spacial score (nSPS) is 22.5. The Kier molecular flexibility index (Phi) is 8.07. The molecule has 5 atom stereocenters. The number of hydrogen-bond acceptors (Lipinski definition) is 11. The number of alkyl halides is 1. The number of benzene rings is 2. The molecule has 1 aliphatic heterocycles. The Labute approximate surface area is 245 Å². The zero-order chi connectivity index (χ0) is 31.1. The number of nitrogens with two attached hydrogens (primary N) is 1. The van der Waals surface area contributed by atoms with Crippen LogP contribution in [0.1, 0.15) is 40.3 Å². The molecule has 1 aliphatic rings. The number of H-pyrrole nitrogens is 1. The minimum atomic E-state index is -4.61. The van der Waals surface area contributed by atoms with Crippen LogP contribution in [0.25, 0.3) is 21.9 Å². The Morgan fingerprint density at radius 2 is 2.02 bits per heavy atom. The minimum Gasteiger partial charge on any atom is -0.458 e. The van der Waals surface area contributed by atoms with E-state index in [9.17, 15) is 14.2 Å². The predicted molar refractivity (Wildman–Crippen MR) is 152 cm³/mol. The predicted octanol–water partition coefficient (Wildman–Crippen LogP) is 4.46. The Hall–Kier alpha value is -4.20. The number of carbonyl (C=O) groups is 1. The highest BCUT2D eigenvalue weighted by molar-refractivity contribution is 7.47. The molecule has 4 N–H and O–H groups in total. The molecule has 0 bridgehead atoms. The molecule has 0 aliphatic carbocycles. The summed E-state index contributed by atoms with van der Waals surface area (Å²) in [7, 11) is -4.61. The van der Waals surface area contributed by atoms with Crippen LogP contribution in [-0.2, 0) is 23.4 Å². The second-order valence-corrected chi connectivity index (χ2v) is 12.5. The number of nitrogens with zero attached hydrogens (tertiary/aromatic N) is 4. The van der Waals surface area contributed by atoms with E-state index < -0.39 is 56.0 Å². The van der Waals surface area contributed by atoms with Crippen LogP contribution in [-0.4, -0.2) is 60.5 Å². The van der Waals surface area contributed by atoms with E-state index >= 15 is 4.39 Å². The molecule has 3 heterocycles. The maximum atomic E-state index is 15.9. The van der Waals surface area contributed by atoms with Gasteiger partial charge in [-0.3, -0.25) is 14.3 Å². The minimum absolute atomic E-state index is 0.0245. The van der Waals surface area contributed by atoms with Crippen LogP contribution in [0.5, 0.6) is 5.75 Å². The van der Waals surface area contributed by atoms with Gasteiger partial charge in [-0.25, -0.2) is 18.7 Å². The number of imidazole rings is 1. The second-order valence-electron chi connectivity index (χ2n) is 10.7. The van der Waals surface area contributed by atoms with E-state index in [0.29, 0.717) is 9.85 Å². The van der Waals surface area contributed by atoms with Gasteiger partial charge in [0.1, 0.15) is 5.75 Å². The average molecular weight is 617 g/mol. The summed E-state index contributed by atoms with van der Waals surface area (Å²) in [5.74, 6) is -0.829. The van der Waals surface area contributed by atoms with Gasteiger partial charge >= 0.3 is 13.7 Å². The number of aromatic nitrogens is 4. The zero-order valence-corrected chi connectivity index (χ0v) is 24.8. The summed E-state index contributed by atoms with van der Waals surface area (Å²) in [4.78, 5) is 35.3. The fraction of sp³-hybridized carbons (Fsp3) is 0.407. The van der Waals surface area contributed by atoms with Crippen molar-refractivity contribution in [2.75, 3.05) is 12.3 Å². The van der Waals surface area contributed by atoms with Gasteiger partial charge in [-0.05, 0) is 36.7 Å². The van der Waals surface area contributed by atoms with Crippen LogP contribution in [0.2, 0.25) is 0 Å². The van der Waals surface area contributed by atoms with Crippen LogP contribution in [0.15, 0.2) is 53.6 Å². The van der Waals surface area contributed by atoms with Crippen molar-refractivity contribution in [1.82, 2.24) is 19.5 Å². The lowest BCUT2D eigenvalue weighted by molar-refractivity contribution is -0.517. The topological polar surface area (TPSA) is 188 Å². The van der Waals surface area contributed by atoms with Gasteiger partial charge < -0.3 is 19.7 Å². The standard InChI is InChI=1S/C27H31FN7O7P/c1-15(2)40-24(37)16(3)35(30)43(38,42-20-11-7-9-17-8-5-6-10-19(17)20)39-13-18-12-27(4,28)25(41-18)34-14-31-21-22(34)32-26(29)33-23(21)36/h5-11,14-16,18,25,30H,12-13H2,1-4H3,(H2-,29,32,33,36)/p+1. The first kappa shape index (κ1) is 30.3. The number of nitrogens with one attached hydrogen (secondary N) is 2. The first-order valence-electron chi connectivity index (χ1n) is 13.5. The summed E-state index contributed by atoms with van der Waals surface area (Å²) in [5, 5.41) is 1.38. The highest BCUT2D eigenvalue weighted by Crippen LogP contribution is 2.52. The molecule has 228 valence electrons. The van der Waals surface area contributed by atoms with Crippen LogP contribution < -0.4 is 15.8 Å². The molecule has 43 heavy (non-hydrogen) atoms. The number of anilines is 1.